The van der Waals surface area contributed by atoms with Crippen LogP contribution in [0.5, 0.6) is 0 Å². The van der Waals surface area contributed by atoms with Crippen LogP contribution in [0.4, 0.5) is 13.2 Å². The lowest BCUT2D eigenvalue weighted by Crippen LogP contribution is -2.53. The number of rotatable bonds is 3. The highest BCUT2D eigenvalue weighted by Gasteiger charge is 2.62. The molecule has 0 aromatic carbocycles. The average Bonchev–Trinajstić information content (AvgIpc) is 2.65. The Balaban J connectivity index is 2.90. The normalized spacial score (nSPS) is 25.8. The Bertz CT molecular complexity index is 262. The summed E-state index contributed by atoms with van der Waals surface area (Å²) in [6.45, 7) is -0.635. The fourth-order valence-corrected chi connectivity index (χ4v) is 1.85. The van der Waals surface area contributed by atoms with Gasteiger partial charge in [-0.05, 0) is 13.0 Å². The minimum atomic E-state index is -4.56. The van der Waals surface area contributed by atoms with E-state index in [1.807, 2.05) is 0 Å². The summed E-state index contributed by atoms with van der Waals surface area (Å²) in [6, 6.07) is 0. The van der Waals surface area contributed by atoms with Crippen molar-refractivity contribution in [2.75, 3.05) is 33.3 Å². The second-order valence-corrected chi connectivity index (χ2v) is 3.96. The summed E-state index contributed by atoms with van der Waals surface area (Å²) < 4.78 is 38.8. The summed E-state index contributed by atoms with van der Waals surface area (Å²) in [7, 11) is 1.27. The number of carbonyl (C=O) groups is 1. The molecule has 7 heteroatoms. The molecule has 1 saturated heterocycles. The second kappa shape index (κ2) is 4.58. The number of aliphatic hydroxyl groups is 1. The van der Waals surface area contributed by atoms with Crippen molar-refractivity contribution in [1.82, 2.24) is 10.2 Å². The first-order chi connectivity index (χ1) is 7.35. The Morgan fingerprint density at radius 2 is 2.19 bits per heavy atom. The summed E-state index contributed by atoms with van der Waals surface area (Å²) in [6.07, 6.45) is -4.80. The average molecular weight is 240 g/mol. The molecule has 1 heterocycles. The molecule has 1 fully saturated rings. The maximum Gasteiger partial charge on any atom is 0.404 e. The van der Waals surface area contributed by atoms with Gasteiger partial charge in [0.2, 0.25) is 5.91 Å². The second-order valence-electron chi connectivity index (χ2n) is 3.96. The number of nitrogens with one attached hydrogen (secondary N) is 1. The first-order valence-electron chi connectivity index (χ1n) is 4.99. The van der Waals surface area contributed by atoms with Gasteiger partial charge in [0.25, 0.3) is 0 Å². The van der Waals surface area contributed by atoms with E-state index in [0.717, 1.165) is 4.90 Å². The van der Waals surface area contributed by atoms with Crippen LogP contribution >= 0.6 is 0 Å². The highest BCUT2D eigenvalue weighted by atomic mass is 19.4. The number of nitrogens with zero attached hydrogens (tertiary/aromatic N) is 1. The molecule has 1 aliphatic heterocycles. The molecule has 1 aliphatic rings. The van der Waals surface area contributed by atoms with E-state index in [9.17, 15) is 18.0 Å². The van der Waals surface area contributed by atoms with Crippen molar-refractivity contribution in [2.24, 2.45) is 5.41 Å². The Morgan fingerprint density at radius 1 is 1.56 bits per heavy atom. The quantitative estimate of drug-likeness (QED) is 0.729. The fraction of sp³-hybridized carbons (Fsp3) is 0.889. The van der Waals surface area contributed by atoms with E-state index in [4.69, 9.17) is 5.11 Å². The molecule has 1 rings (SSSR count). The van der Waals surface area contributed by atoms with Gasteiger partial charge in [-0.25, -0.2) is 0 Å². The molecule has 0 aliphatic carbocycles. The molecule has 0 spiro atoms. The number of hydrogen-bond acceptors (Lipinski definition) is 3. The molecular weight excluding hydrogens is 225 g/mol. The molecule has 94 valence electrons. The molecule has 1 unspecified atom stereocenters. The van der Waals surface area contributed by atoms with Gasteiger partial charge < -0.3 is 15.3 Å². The number of halogens is 3. The highest BCUT2D eigenvalue weighted by Crippen LogP contribution is 2.44. The summed E-state index contributed by atoms with van der Waals surface area (Å²) in [5.74, 6) is -0.973. The molecule has 16 heavy (non-hydrogen) atoms. The Hall–Kier alpha value is -0.820. The first-order valence-corrected chi connectivity index (χ1v) is 4.99. The van der Waals surface area contributed by atoms with E-state index in [1.165, 1.54) is 7.05 Å². The number of carbonyl (C=O) groups excluding carboxylic acids is 1. The minimum Gasteiger partial charge on any atom is -0.395 e. The van der Waals surface area contributed by atoms with Crippen molar-refractivity contribution in [3.05, 3.63) is 0 Å². The van der Waals surface area contributed by atoms with Gasteiger partial charge >= 0.3 is 6.18 Å². The van der Waals surface area contributed by atoms with Crippen LogP contribution in [0.25, 0.3) is 0 Å². The fourth-order valence-electron chi connectivity index (χ4n) is 1.85. The third-order valence-electron chi connectivity index (χ3n) is 2.89. The first kappa shape index (κ1) is 13.2. The minimum absolute atomic E-state index is 0.0866. The van der Waals surface area contributed by atoms with Crippen LogP contribution in [0, 0.1) is 5.41 Å². The van der Waals surface area contributed by atoms with Crippen molar-refractivity contribution in [3.8, 4) is 0 Å². The lowest BCUT2D eigenvalue weighted by molar-refractivity contribution is -0.221. The van der Waals surface area contributed by atoms with E-state index in [1.54, 1.807) is 0 Å². The zero-order valence-corrected chi connectivity index (χ0v) is 8.97. The Morgan fingerprint density at radius 3 is 2.56 bits per heavy atom. The van der Waals surface area contributed by atoms with Crippen LogP contribution < -0.4 is 5.32 Å². The van der Waals surface area contributed by atoms with Crippen LogP contribution in [-0.4, -0.2) is 55.4 Å². The molecule has 0 aromatic rings. The van der Waals surface area contributed by atoms with Crippen molar-refractivity contribution < 1.29 is 23.1 Å². The van der Waals surface area contributed by atoms with E-state index < -0.39 is 17.5 Å². The molecule has 0 aromatic heterocycles. The summed E-state index contributed by atoms with van der Waals surface area (Å²) >= 11 is 0. The predicted molar refractivity (Wildman–Crippen MR) is 50.7 cm³/mol. The maximum absolute atomic E-state index is 12.9. The standard InChI is InChI=1S/C9H15F3N2O2/c1-14(4-5-15)7(16)8(9(10,11)12)2-3-13-6-8/h13,15H,2-6H2,1H3. The smallest absolute Gasteiger partial charge is 0.395 e. The Kier molecular flexibility index (Phi) is 3.80. The van der Waals surface area contributed by atoms with Gasteiger partial charge in [0.05, 0.1) is 6.61 Å². The van der Waals surface area contributed by atoms with Crippen molar-refractivity contribution >= 4 is 5.91 Å². The van der Waals surface area contributed by atoms with Crippen LogP contribution in [-0.2, 0) is 4.79 Å². The zero-order valence-electron chi connectivity index (χ0n) is 8.97. The van der Waals surface area contributed by atoms with Crippen molar-refractivity contribution in [3.63, 3.8) is 0 Å². The molecule has 0 radical (unpaired) electrons. The van der Waals surface area contributed by atoms with Gasteiger partial charge in [0.1, 0.15) is 0 Å². The number of likely N-dealkylation sites (N-methyl/N-ethyl adjacent to an activating group) is 1. The third-order valence-corrected chi connectivity index (χ3v) is 2.89. The van der Waals surface area contributed by atoms with Gasteiger partial charge in [-0.2, -0.15) is 13.2 Å². The van der Waals surface area contributed by atoms with Crippen LogP contribution in [0.2, 0.25) is 0 Å². The molecule has 0 saturated carbocycles. The van der Waals surface area contributed by atoms with Gasteiger partial charge in [-0.3, -0.25) is 4.79 Å². The Labute approximate surface area is 91.4 Å². The van der Waals surface area contributed by atoms with Gasteiger partial charge in [-0.1, -0.05) is 0 Å². The molecule has 1 amide bonds. The van der Waals surface area contributed by atoms with E-state index in [2.05, 4.69) is 5.32 Å². The van der Waals surface area contributed by atoms with Crippen molar-refractivity contribution in [1.29, 1.82) is 0 Å². The summed E-state index contributed by atoms with van der Waals surface area (Å²) in [4.78, 5) is 12.7. The predicted octanol–water partition coefficient (Wildman–Crippen LogP) is -0.0209. The maximum atomic E-state index is 12.9. The highest BCUT2D eigenvalue weighted by molar-refractivity contribution is 5.84. The van der Waals surface area contributed by atoms with E-state index >= 15 is 0 Å². The number of hydrogen-bond donors (Lipinski definition) is 2. The number of alkyl halides is 3. The lowest BCUT2D eigenvalue weighted by Gasteiger charge is -2.33. The SMILES string of the molecule is CN(CCO)C(=O)C1(C(F)(F)F)CCNC1. The van der Waals surface area contributed by atoms with Gasteiger partial charge in [0.15, 0.2) is 5.41 Å². The number of aliphatic hydroxyl groups excluding tert-OH is 1. The van der Waals surface area contributed by atoms with E-state index in [0.29, 0.717) is 0 Å². The van der Waals surface area contributed by atoms with Gasteiger partial charge in [0, 0.05) is 20.1 Å². The molecule has 4 nitrogen and oxygen atoms in total. The molecular formula is C9H15F3N2O2. The summed E-state index contributed by atoms with van der Waals surface area (Å²) in [5.41, 5.74) is -2.32. The van der Waals surface area contributed by atoms with Gasteiger partial charge in [-0.15, -0.1) is 0 Å². The van der Waals surface area contributed by atoms with E-state index in [-0.39, 0.29) is 32.7 Å². The molecule has 0 bridgehead atoms. The zero-order chi connectivity index (χ0) is 12.4. The van der Waals surface area contributed by atoms with Crippen LogP contribution in [0.15, 0.2) is 0 Å². The van der Waals surface area contributed by atoms with Crippen LogP contribution in [0.1, 0.15) is 6.42 Å². The molecule has 2 N–H and O–H groups in total. The monoisotopic (exact) mass is 240 g/mol. The number of amides is 1. The van der Waals surface area contributed by atoms with Crippen molar-refractivity contribution in [2.45, 2.75) is 12.6 Å². The van der Waals surface area contributed by atoms with Crippen LogP contribution in [0.3, 0.4) is 0 Å². The third kappa shape index (κ3) is 2.15. The summed E-state index contributed by atoms with van der Waals surface area (Å²) in [5, 5.41) is 11.2. The topological polar surface area (TPSA) is 52.6 Å². The lowest BCUT2D eigenvalue weighted by atomic mass is 9.84. The molecule has 1 atom stereocenters. The largest absolute Gasteiger partial charge is 0.404 e.